The third-order valence-electron chi connectivity index (χ3n) is 1.41. The van der Waals surface area contributed by atoms with Crippen molar-refractivity contribution in [2.75, 3.05) is 5.73 Å². The van der Waals surface area contributed by atoms with Crippen molar-refractivity contribution >= 4 is 5.69 Å². The molecule has 0 bridgehead atoms. The van der Waals surface area contributed by atoms with Gasteiger partial charge in [0.25, 0.3) is 0 Å². The summed E-state index contributed by atoms with van der Waals surface area (Å²) < 4.78 is 0. The Morgan fingerprint density at radius 3 is 2.18 bits per heavy atom. The number of pyridine rings is 1. The van der Waals surface area contributed by atoms with Crippen molar-refractivity contribution in [3.63, 3.8) is 0 Å². The van der Waals surface area contributed by atoms with E-state index >= 15 is 0 Å². The number of anilines is 1. The van der Waals surface area contributed by atoms with E-state index in [-0.39, 0.29) is 0 Å². The van der Waals surface area contributed by atoms with Crippen LogP contribution < -0.4 is 5.73 Å². The van der Waals surface area contributed by atoms with Crippen LogP contribution in [-0.4, -0.2) is 4.98 Å². The monoisotopic (exact) mass is 152 g/mol. The quantitative estimate of drug-likeness (QED) is 0.619. The predicted molar refractivity (Wildman–Crippen MR) is 49.5 cm³/mol. The number of nitrogens with two attached hydrogens (primary N) is 1. The van der Waals surface area contributed by atoms with Crippen LogP contribution in [0, 0.1) is 13.8 Å². The van der Waals surface area contributed by atoms with Gasteiger partial charge in [0.1, 0.15) is 0 Å². The molecule has 11 heavy (non-hydrogen) atoms. The Balaban J connectivity index is 0.000000461. The maximum Gasteiger partial charge on any atom is 0.0604 e. The molecule has 1 aromatic rings. The minimum Gasteiger partial charge on any atom is -0.397 e. The van der Waals surface area contributed by atoms with Crippen molar-refractivity contribution in [3.8, 4) is 0 Å². The van der Waals surface area contributed by atoms with Crippen LogP contribution in [0.3, 0.4) is 0 Å². The molecular weight excluding hydrogens is 136 g/mol. The molecule has 0 spiro atoms. The molecule has 1 aromatic heterocycles. The number of rotatable bonds is 0. The van der Waals surface area contributed by atoms with Gasteiger partial charge in [-0.25, -0.2) is 0 Å². The minimum atomic E-state index is 0.803. The molecule has 2 nitrogen and oxygen atoms in total. The van der Waals surface area contributed by atoms with Crippen LogP contribution in [-0.2, 0) is 0 Å². The van der Waals surface area contributed by atoms with Crippen LogP contribution in [0.1, 0.15) is 25.1 Å². The van der Waals surface area contributed by atoms with Gasteiger partial charge in [-0.1, -0.05) is 13.8 Å². The van der Waals surface area contributed by atoms with Gasteiger partial charge in [0.05, 0.1) is 11.4 Å². The van der Waals surface area contributed by atoms with E-state index in [4.69, 9.17) is 5.73 Å². The zero-order chi connectivity index (χ0) is 8.85. The summed E-state index contributed by atoms with van der Waals surface area (Å²) in [5.74, 6) is 0. The summed E-state index contributed by atoms with van der Waals surface area (Å²) in [6, 6.07) is 1.91. The summed E-state index contributed by atoms with van der Waals surface area (Å²) >= 11 is 0. The van der Waals surface area contributed by atoms with Gasteiger partial charge in [0.15, 0.2) is 0 Å². The number of hydrogen-bond acceptors (Lipinski definition) is 2. The number of nitrogen functional groups attached to an aromatic ring is 1. The molecule has 0 saturated heterocycles. The van der Waals surface area contributed by atoms with Gasteiger partial charge in [0.2, 0.25) is 0 Å². The Labute approximate surface area is 68.5 Å². The Kier molecular flexibility index (Phi) is 4.27. The third-order valence-corrected chi connectivity index (χ3v) is 1.41. The molecule has 0 atom stereocenters. The van der Waals surface area contributed by atoms with Crippen LogP contribution in [0.2, 0.25) is 0 Å². The standard InChI is InChI=1S/C7H10N2.C2H6/c1-5-3-4-9-6(2)7(5)8;1-2/h3-4H,8H2,1-2H3;1-2H3. The van der Waals surface area contributed by atoms with Gasteiger partial charge < -0.3 is 5.73 Å². The number of aryl methyl sites for hydroxylation is 2. The Bertz CT molecular complexity index is 199. The number of nitrogens with zero attached hydrogens (tertiary/aromatic N) is 1. The lowest BCUT2D eigenvalue weighted by atomic mass is 10.2. The molecule has 0 aliphatic rings. The average Bonchev–Trinajstić information content (AvgIpc) is 2.04. The highest BCUT2D eigenvalue weighted by molar-refractivity contribution is 5.48. The SMILES string of the molecule is CC.Cc1ccnc(C)c1N. The fraction of sp³-hybridized carbons (Fsp3) is 0.444. The lowest BCUT2D eigenvalue weighted by Gasteiger charge is -1.99. The Morgan fingerprint density at radius 2 is 1.82 bits per heavy atom. The largest absolute Gasteiger partial charge is 0.397 e. The third kappa shape index (κ3) is 2.58. The Hall–Kier alpha value is -1.05. The molecule has 0 amide bonds. The fourth-order valence-corrected chi connectivity index (χ4v) is 0.706. The van der Waals surface area contributed by atoms with E-state index in [9.17, 15) is 0 Å². The number of aromatic nitrogens is 1. The van der Waals surface area contributed by atoms with Crippen molar-refractivity contribution in [2.24, 2.45) is 0 Å². The van der Waals surface area contributed by atoms with Crippen molar-refractivity contribution in [1.29, 1.82) is 0 Å². The second-order valence-electron chi connectivity index (χ2n) is 2.13. The molecule has 0 aliphatic heterocycles. The van der Waals surface area contributed by atoms with E-state index in [0.29, 0.717) is 0 Å². The second-order valence-corrected chi connectivity index (χ2v) is 2.13. The summed E-state index contributed by atoms with van der Waals surface area (Å²) in [7, 11) is 0. The first-order valence-corrected chi connectivity index (χ1v) is 3.89. The first kappa shape index (κ1) is 9.95. The first-order valence-electron chi connectivity index (χ1n) is 3.89. The minimum absolute atomic E-state index is 0.803. The highest BCUT2D eigenvalue weighted by atomic mass is 14.7. The van der Waals surface area contributed by atoms with Crippen molar-refractivity contribution in [2.45, 2.75) is 27.7 Å². The lowest BCUT2D eigenvalue weighted by molar-refractivity contribution is 1.18. The smallest absolute Gasteiger partial charge is 0.0604 e. The summed E-state index contributed by atoms with van der Waals surface area (Å²) in [5.41, 5.74) is 8.43. The molecule has 62 valence electrons. The summed E-state index contributed by atoms with van der Waals surface area (Å²) in [6.07, 6.45) is 1.76. The van der Waals surface area contributed by atoms with E-state index in [1.165, 1.54) is 0 Å². The molecule has 0 unspecified atom stereocenters. The van der Waals surface area contributed by atoms with E-state index in [0.717, 1.165) is 16.9 Å². The van der Waals surface area contributed by atoms with E-state index < -0.39 is 0 Å². The second kappa shape index (κ2) is 4.72. The van der Waals surface area contributed by atoms with Crippen molar-refractivity contribution in [1.82, 2.24) is 4.98 Å². The molecule has 1 heterocycles. The molecule has 1 rings (SSSR count). The van der Waals surface area contributed by atoms with Gasteiger partial charge in [-0.2, -0.15) is 0 Å². The number of hydrogen-bond donors (Lipinski definition) is 1. The normalized spacial score (nSPS) is 8.36. The van der Waals surface area contributed by atoms with Crippen LogP contribution in [0.4, 0.5) is 5.69 Å². The molecule has 0 aliphatic carbocycles. The van der Waals surface area contributed by atoms with E-state index in [1.54, 1.807) is 6.20 Å². The fourth-order valence-electron chi connectivity index (χ4n) is 0.706. The van der Waals surface area contributed by atoms with Crippen molar-refractivity contribution in [3.05, 3.63) is 23.5 Å². The average molecular weight is 152 g/mol. The molecule has 2 N–H and O–H groups in total. The molecular formula is C9H16N2. The van der Waals surface area contributed by atoms with Crippen molar-refractivity contribution < 1.29 is 0 Å². The zero-order valence-electron chi connectivity index (χ0n) is 7.68. The van der Waals surface area contributed by atoms with Crippen LogP contribution in [0.15, 0.2) is 12.3 Å². The van der Waals surface area contributed by atoms with Gasteiger partial charge in [0, 0.05) is 6.20 Å². The van der Waals surface area contributed by atoms with Gasteiger partial charge in [-0.15, -0.1) is 0 Å². The van der Waals surface area contributed by atoms with Crippen LogP contribution >= 0.6 is 0 Å². The van der Waals surface area contributed by atoms with Crippen LogP contribution in [0.5, 0.6) is 0 Å². The molecule has 0 saturated carbocycles. The zero-order valence-corrected chi connectivity index (χ0v) is 7.68. The van der Waals surface area contributed by atoms with Crippen LogP contribution in [0.25, 0.3) is 0 Å². The van der Waals surface area contributed by atoms with Gasteiger partial charge in [-0.05, 0) is 25.5 Å². The highest BCUT2D eigenvalue weighted by Gasteiger charge is 1.94. The van der Waals surface area contributed by atoms with E-state index in [2.05, 4.69) is 4.98 Å². The lowest BCUT2D eigenvalue weighted by Crippen LogP contribution is -1.94. The molecule has 0 aromatic carbocycles. The van der Waals surface area contributed by atoms with Gasteiger partial charge in [-0.3, -0.25) is 4.98 Å². The maximum absolute atomic E-state index is 5.62. The predicted octanol–water partition coefficient (Wildman–Crippen LogP) is 2.31. The highest BCUT2D eigenvalue weighted by Crippen LogP contribution is 2.10. The summed E-state index contributed by atoms with van der Waals surface area (Å²) in [5, 5.41) is 0. The summed E-state index contributed by atoms with van der Waals surface area (Å²) in [4.78, 5) is 4.01. The first-order chi connectivity index (χ1) is 5.22. The molecule has 0 fully saturated rings. The Morgan fingerprint density at radius 1 is 1.27 bits per heavy atom. The van der Waals surface area contributed by atoms with Gasteiger partial charge >= 0.3 is 0 Å². The summed E-state index contributed by atoms with van der Waals surface area (Å²) in [6.45, 7) is 7.88. The maximum atomic E-state index is 5.62. The molecule has 2 heteroatoms. The topological polar surface area (TPSA) is 38.9 Å². The van der Waals surface area contributed by atoms with E-state index in [1.807, 2.05) is 33.8 Å². The molecule has 0 radical (unpaired) electrons.